The van der Waals surface area contributed by atoms with E-state index >= 15 is 0 Å². The Bertz CT molecular complexity index is 673. The molecule has 2 aromatic rings. The fraction of sp³-hybridized carbons (Fsp3) is 0.250. The van der Waals surface area contributed by atoms with Crippen molar-refractivity contribution in [3.05, 3.63) is 46.1 Å². The van der Waals surface area contributed by atoms with Crippen LogP contribution in [-0.2, 0) is 4.79 Å². The summed E-state index contributed by atoms with van der Waals surface area (Å²) in [6.07, 6.45) is 7.22. The lowest BCUT2D eigenvalue weighted by atomic mass is 10.3. The Morgan fingerprint density at radius 2 is 2.09 bits per heavy atom. The van der Waals surface area contributed by atoms with E-state index in [0.29, 0.717) is 11.4 Å². The summed E-state index contributed by atoms with van der Waals surface area (Å²) in [5.74, 6) is 1.42. The van der Waals surface area contributed by atoms with E-state index in [1.807, 2.05) is 24.3 Å². The fourth-order valence-corrected chi connectivity index (χ4v) is 2.79. The maximum atomic E-state index is 11.9. The lowest BCUT2D eigenvalue weighted by Crippen LogP contribution is -2.18. The molecule has 22 heavy (non-hydrogen) atoms. The van der Waals surface area contributed by atoms with Gasteiger partial charge in [-0.1, -0.05) is 0 Å². The van der Waals surface area contributed by atoms with E-state index in [4.69, 9.17) is 4.42 Å². The van der Waals surface area contributed by atoms with Gasteiger partial charge < -0.3 is 14.6 Å². The molecule has 0 bridgehead atoms. The smallest absolute Gasteiger partial charge is 0.248 e. The second-order valence-electron chi connectivity index (χ2n) is 5.06. The normalized spacial score (nSPS) is 14.7. The van der Waals surface area contributed by atoms with Crippen molar-refractivity contribution >= 4 is 46.1 Å². The molecule has 1 aliphatic heterocycles. The van der Waals surface area contributed by atoms with Crippen molar-refractivity contribution in [2.75, 3.05) is 23.3 Å². The van der Waals surface area contributed by atoms with Crippen LogP contribution in [0.2, 0.25) is 0 Å². The lowest BCUT2D eigenvalue weighted by molar-refractivity contribution is -0.111. The average Bonchev–Trinajstić information content (AvgIpc) is 3.17. The number of rotatable bonds is 4. The first-order chi connectivity index (χ1) is 10.7. The second-order valence-corrected chi connectivity index (χ2v) is 6.13. The summed E-state index contributed by atoms with van der Waals surface area (Å²) in [6.45, 7) is 2.12. The minimum Gasteiger partial charge on any atom is -0.451 e. The zero-order valence-electron chi connectivity index (χ0n) is 12.0. The maximum Gasteiger partial charge on any atom is 0.248 e. The van der Waals surface area contributed by atoms with E-state index in [2.05, 4.69) is 37.8 Å². The van der Waals surface area contributed by atoms with E-state index < -0.39 is 0 Å². The van der Waals surface area contributed by atoms with Gasteiger partial charge in [0.2, 0.25) is 5.91 Å². The number of furan rings is 1. The quantitative estimate of drug-likeness (QED) is 0.620. The molecule has 1 aliphatic rings. The summed E-state index contributed by atoms with van der Waals surface area (Å²) in [6, 6.07) is 7.48. The number of hydrogen-bond donors (Lipinski definition) is 1. The number of carbonyl (C=O) groups is 1. The highest BCUT2D eigenvalue weighted by atomic mass is 127. The largest absolute Gasteiger partial charge is 0.451 e. The molecular weight excluding hydrogens is 393 g/mol. The van der Waals surface area contributed by atoms with Gasteiger partial charge in [0.15, 0.2) is 3.77 Å². The number of carbonyl (C=O) groups excluding carboxylic acids is 1. The summed E-state index contributed by atoms with van der Waals surface area (Å²) in [5.41, 5.74) is 0.687. The summed E-state index contributed by atoms with van der Waals surface area (Å²) in [7, 11) is 0. The van der Waals surface area contributed by atoms with Crippen molar-refractivity contribution in [2.45, 2.75) is 12.8 Å². The third-order valence-corrected chi connectivity index (χ3v) is 4.02. The number of amides is 1. The van der Waals surface area contributed by atoms with Crippen LogP contribution in [-0.4, -0.2) is 24.0 Å². The number of nitrogens with zero attached hydrogens (tertiary/aromatic N) is 2. The molecular formula is C16H16IN3O2. The van der Waals surface area contributed by atoms with Gasteiger partial charge in [-0.25, -0.2) is 4.98 Å². The van der Waals surface area contributed by atoms with E-state index in [1.54, 1.807) is 12.3 Å². The zero-order chi connectivity index (χ0) is 15.4. The van der Waals surface area contributed by atoms with Crippen LogP contribution in [0.3, 0.4) is 0 Å². The highest BCUT2D eigenvalue weighted by molar-refractivity contribution is 14.1. The molecule has 2 aromatic heterocycles. The molecule has 5 nitrogen and oxygen atoms in total. The van der Waals surface area contributed by atoms with E-state index in [0.717, 1.165) is 22.7 Å². The van der Waals surface area contributed by atoms with Gasteiger partial charge in [-0.05, 0) is 65.8 Å². The summed E-state index contributed by atoms with van der Waals surface area (Å²) in [5, 5.41) is 2.79. The predicted molar refractivity (Wildman–Crippen MR) is 94.8 cm³/mol. The van der Waals surface area contributed by atoms with Crippen LogP contribution in [0.1, 0.15) is 18.6 Å². The molecule has 0 radical (unpaired) electrons. The maximum absolute atomic E-state index is 11.9. The van der Waals surface area contributed by atoms with Crippen LogP contribution in [0.25, 0.3) is 6.08 Å². The lowest BCUT2D eigenvalue weighted by Gasteiger charge is -2.16. The van der Waals surface area contributed by atoms with Crippen molar-refractivity contribution in [3.8, 4) is 0 Å². The van der Waals surface area contributed by atoms with Gasteiger partial charge in [0.1, 0.15) is 11.6 Å². The van der Waals surface area contributed by atoms with E-state index in [1.165, 1.54) is 18.9 Å². The molecule has 1 amide bonds. The molecule has 1 fully saturated rings. The van der Waals surface area contributed by atoms with Gasteiger partial charge in [0.25, 0.3) is 0 Å². The molecule has 114 valence electrons. The van der Waals surface area contributed by atoms with Gasteiger partial charge in [0.05, 0.1) is 11.9 Å². The van der Waals surface area contributed by atoms with Crippen LogP contribution in [0.4, 0.5) is 11.5 Å². The molecule has 0 aromatic carbocycles. The van der Waals surface area contributed by atoms with E-state index in [9.17, 15) is 4.79 Å². The summed E-state index contributed by atoms with van der Waals surface area (Å²) < 4.78 is 6.15. The molecule has 6 heteroatoms. The Hall–Kier alpha value is -1.83. The van der Waals surface area contributed by atoms with Crippen molar-refractivity contribution in [2.24, 2.45) is 0 Å². The molecule has 3 heterocycles. The van der Waals surface area contributed by atoms with E-state index in [-0.39, 0.29) is 5.91 Å². The standard InChI is InChI=1S/C16H16IN3O2/c17-14-6-4-13(22-14)5-8-16(21)19-12-3-7-15(18-11-12)20-9-1-2-10-20/h3-8,11H,1-2,9-10H2,(H,19,21)/b8-5+. The predicted octanol–water partition coefficient (Wildman–Crippen LogP) is 3.53. The van der Waals surface area contributed by atoms with Crippen molar-refractivity contribution in [1.29, 1.82) is 0 Å². The third kappa shape index (κ3) is 3.88. The van der Waals surface area contributed by atoms with Crippen LogP contribution < -0.4 is 10.2 Å². The number of hydrogen-bond acceptors (Lipinski definition) is 4. The van der Waals surface area contributed by atoms with Crippen LogP contribution in [0.5, 0.6) is 0 Å². The number of aromatic nitrogens is 1. The Morgan fingerprint density at radius 1 is 1.27 bits per heavy atom. The molecule has 3 rings (SSSR count). The topological polar surface area (TPSA) is 58.4 Å². The first-order valence-corrected chi connectivity index (χ1v) is 8.24. The van der Waals surface area contributed by atoms with Gasteiger partial charge >= 0.3 is 0 Å². The molecule has 0 spiro atoms. The highest BCUT2D eigenvalue weighted by Crippen LogP contribution is 2.19. The van der Waals surface area contributed by atoms with Crippen LogP contribution >= 0.6 is 22.6 Å². The van der Waals surface area contributed by atoms with Crippen molar-refractivity contribution in [3.63, 3.8) is 0 Å². The van der Waals surface area contributed by atoms with Gasteiger partial charge in [-0.2, -0.15) is 0 Å². The Balaban J connectivity index is 1.58. The molecule has 1 N–H and O–H groups in total. The van der Waals surface area contributed by atoms with Crippen molar-refractivity contribution in [1.82, 2.24) is 4.98 Å². The minimum atomic E-state index is -0.206. The molecule has 0 unspecified atom stereocenters. The third-order valence-electron chi connectivity index (χ3n) is 3.44. The number of nitrogens with one attached hydrogen (secondary N) is 1. The SMILES string of the molecule is O=C(/C=C/c1ccc(I)o1)Nc1ccc(N2CCCC2)nc1. The first-order valence-electron chi connectivity index (χ1n) is 7.16. The second kappa shape index (κ2) is 6.95. The molecule has 0 saturated carbocycles. The molecule has 0 atom stereocenters. The Kier molecular flexibility index (Phi) is 4.77. The number of pyridine rings is 1. The van der Waals surface area contributed by atoms with Gasteiger partial charge in [-0.3, -0.25) is 4.79 Å². The summed E-state index contributed by atoms with van der Waals surface area (Å²) in [4.78, 5) is 18.5. The zero-order valence-corrected chi connectivity index (χ0v) is 14.1. The van der Waals surface area contributed by atoms with Crippen LogP contribution in [0.15, 0.2) is 41.0 Å². The average molecular weight is 409 g/mol. The fourth-order valence-electron chi connectivity index (χ4n) is 2.35. The minimum absolute atomic E-state index is 0.206. The van der Waals surface area contributed by atoms with Gasteiger partial charge in [-0.15, -0.1) is 0 Å². The van der Waals surface area contributed by atoms with Crippen LogP contribution in [0, 0.1) is 3.77 Å². The number of anilines is 2. The Morgan fingerprint density at radius 3 is 2.73 bits per heavy atom. The van der Waals surface area contributed by atoms with Crippen molar-refractivity contribution < 1.29 is 9.21 Å². The highest BCUT2D eigenvalue weighted by Gasteiger charge is 2.13. The van der Waals surface area contributed by atoms with Gasteiger partial charge in [0, 0.05) is 19.2 Å². The monoisotopic (exact) mass is 409 g/mol. The Labute approximate surface area is 142 Å². The molecule has 0 aliphatic carbocycles. The first kappa shape index (κ1) is 15.1. The summed E-state index contributed by atoms with van der Waals surface area (Å²) >= 11 is 2.08. The molecule has 1 saturated heterocycles. The number of halogens is 1.